The number of ketones is 1. The van der Waals surface area contributed by atoms with E-state index >= 15 is 0 Å². The average Bonchev–Trinajstić information content (AvgIpc) is 2.54. The summed E-state index contributed by atoms with van der Waals surface area (Å²) in [6.45, 7) is 2.34. The summed E-state index contributed by atoms with van der Waals surface area (Å²) >= 11 is 0. The van der Waals surface area contributed by atoms with E-state index in [0.29, 0.717) is 12.0 Å². The molecule has 0 radical (unpaired) electrons. The summed E-state index contributed by atoms with van der Waals surface area (Å²) in [5, 5.41) is 0. The molecule has 1 aromatic rings. The molecule has 2 rings (SSSR count). The van der Waals surface area contributed by atoms with Crippen molar-refractivity contribution in [2.45, 2.75) is 40.0 Å². The second-order valence-electron chi connectivity index (χ2n) is 4.46. The molecule has 1 aliphatic rings. The molecule has 0 spiro atoms. The molecule has 1 saturated heterocycles. The topological polar surface area (TPSA) is 37.4 Å². The molecule has 18 heavy (non-hydrogen) atoms. The molecule has 3 nitrogen and oxygen atoms in total. The summed E-state index contributed by atoms with van der Waals surface area (Å²) in [6.07, 6.45) is 3.79. The van der Waals surface area contributed by atoms with Gasteiger partial charge in [0.25, 0.3) is 0 Å². The number of benzene rings is 1. The fraction of sp³-hybridized carbons (Fsp3) is 0.467. The molecule has 0 bridgehead atoms. The SMILES string of the molecule is C.CC(=O)c1ccc(N2CCCCCC2=O)cc1. The predicted octanol–water partition coefficient (Wildman–Crippen LogP) is 3.43. The van der Waals surface area contributed by atoms with Gasteiger partial charge in [-0.3, -0.25) is 9.59 Å². The van der Waals surface area contributed by atoms with E-state index in [9.17, 15) is 9.59 Å². The van der Waals surface area contributed by atoms with Crippen molar-refractivity contribution in [3.05, 3.63) is 29.8 Å². The number of hydrogen-bond donors (Lipinski definition) is 0. The number of carbonyl (C=O) groups excluding carboxylic acids is 2. The number of rotatable bonds is 2. The van der Waals surface area contributed by atoms with Crippen molar-refractivity contribution in [2.24, 2.45) is 0 Å². The van der Waals surface area contributed by atoms with Gasteiger partial charge < -0.3 is 4.90 Å². The summed E-state index contributed by atoms with van der Waals surface area (Å²) in [7, 11) is 0. The second-order valence-corrected chi connectivity index (χ2v) is 4.46. The van der Waals surface area contributed by atoms with Gasteiger partial charge in [-0.05, 0) is 44.0 Å². The largest absolute Gasteiger partial charge is 0.312 e. The molecule has 1 aliphatic heterocycles. The van der Waals surface area contributed by atoms with Crippen LogP contribution < -0.4 is 4.90 Å². The van der Waals surface area contributed by atoms with E-state index in [1.54, 1.807) is 19.1 Å². The molecule has 0 unspecified atom stereocenters. The van der Waals surface area contributed by atoms with Crippen LogP contribution in [0.4, 0.5) is 5.69 Å². The number of amides is 1. The van der Waals surface area contributed by atoms with Crippen molar-refractivity contribution in [3.8, 4) is 0 Å². The van der Waals surface area contributed by atoms with E-state index in [0.717, 1.165) is 31.5 Å². The van der Waals surface area contributed by atoms with Gasteiger partial charge in [0.15, 0.2) is 5.78 Å². The Hall–Kier alpha value is -1.64. The van der Waals surface area contributed by atoms with Gasteiger partial charge >= 0.3 is 0 Å². The molecule has 3 heteroatoms. The number of carbonyl (C=O) groups is 2. The van der Waals surface area contributed by atoms with E-state index in [1.807, 2.05) is 17.0 Å². The Kier molecular flexibility index (Phi) is 5.08. The third-order valence-corrected chi connectivity index (χ3v) is 3.16. The number of nitrogens with zero attached hydrogens (tertiary/aromatic N) is 1. The third-order valence-electron chi connectivity index (χ3n) is 3.16. The lowest BCUT2D eigenvalue weighted by Crippen LogP contribution is -2.29. The molecule has 1 fully saturated rings. The van der Waals surface area contributed by atoms with Crippen LogP contribution in [0.25, 0.3) is 0 Å². The van der Waals surface area contributed by atoms with Crippen molar-refractivity contribution in [2.75, 3.05) is 11.4 Å². The summed E-state index contributed by atoms with van der Waals surface area (Å²) in [4.78, 5) is 24.9. The Balaban J connectivity index is 0.00000162. The lowest BCUT2D eigenvalue weighted by molar-refractivity contribution is -0.118. The van der Waals surface area contributed by atoms with Gasteiger partial charge in [-0.2, -0.15) is 0 Å². The average molecular weight is 247 g/mol. The van der Waals surface area contributed by atoms with Crippen LogP contribution in [0, 0.1) is 0 Å². The van der Waals surface area contributed by atoms with Crippen LogP contribution in [0.3, 0.4) is 0 Å². The number of anilines is 1. The molecule has 0 N–H and O–H groups in total. The first-order chi connectivity index (χ1) is 8.18. The molecular formula is C15H21NO2. The normalized spacial score (nSPS) is 15.8. The Morgan fingerprint density at radius 1 is 1.11 bits per heavy atom. The van der Waals surface area contributed by atoms with Crippen LogP contribution in [0.2, 0.25) is 0 Å². The summed E-state index contributed by atoms with van der Waals surface area (Å²) in [5.74, 6) is 0.247. The minimum Gasteiger partial charge on any atom is -0.312 e. The van der Waals surface area contributed by atoms with Gasteiger partial charge in [0.1, 0.15) is 0 Å². The monoisotopic (exact) mass is 247 g/mol. The van der Waals surface area contributed by atoms with Gasteiger partial charge in [-0.1, -0.05) is 13.8 Å². The Morgan fingerprint density at radius 2 is 1.78 bits per heavy atom. The smallest absolute Gasteiger partial charge is 0.226 e. The van der Waals surface area contributed by atoms with E-state index in [-0.39, 0.29) is 19.1 Å². The first kappa shape index (κ1) is 14.4. The van der Waals surface area contributed by atoms with Gasteiger partial charge in [0, 0.05) is 24.2 Å². The Labute approximate surface area is 109 Å². The number of Topliss-reactive ketones (excluding diaryl/α,β-unsaturated/α-hetero) is 1. The molecule has 0 atom stereocenters. The van der Waals surface area contributed by atoms with E-state index in [2.05, 4.69) is 0 Å². The van der Waals surface area contributed by atoms with E-state index in [4.69, 9.17) is 0 Å². The van der Waals surface area contributed by atoms with Gasteiger partial charge in [0.2, 0.25) is 5.91 Å². The molecule has 98 valence electrons. The second kappa shape index (κ2) is 6.34. The zero-order chi connectivity index (χ0) is 12.3. The summed E-state index contributed by atoms with van der Waals surface area (Å²) in [5.41, 5.74) is 1.60. The fourth-order valence-corrected chi connectivity index (χ4v) is 2.13. The van der Waals surface area contributed by atoms with Crippen LogP contribution >= 0.6 is 0 Å². The van der Waals surface area contributed by atoms with Crippen molar-refractivity contribution in [1.29, 1.82) is 0 Å². The maximum atomic E-state index is 11.9. The first-order valence-electron chi connectivity index (χ1n) is 6.10. The van der Waals surface area contributed by atoms with Gasteiger partial charge in [-0.25, -0.2) is 0 Å². The maximum Gasteiger partial charge on any atom is 0.226 e. The Bertz CT molecular complexity index is 423. The summed E-state index contributed by atoms with van der Waals surface area (Å²) in [6, 6.07) is 7.30. The summed E-state index contributed by atoms with van der Waals surface area (Å²) < 4.78 is 0. The van der Waals surface area contributed by atoms with Crippen LogP contribution in [0.5, 0.6) is 0 Å². The zero-order valence-corrected chi connectivity index (χ0v) is 10.1. The standard InChI is InChI=1S/C14H17NO2.CH4/c1-11(16)12-6-8-13(9-7-12)15-10-4-2-3-5-14(15)17;/h6-9H,2-5,10H2,1H3;1H4. The van der Waals surface area contributed by atoms with Crippen molar-refractivity contribution in [1.82, 2.24) is 0 Å². The van der Waals surface area contributed by atoms with E-state index in [1.165, 1.54) is 0 Å². The molecule has 1 aromatic carbocycles. The minimum absolute atomic E-state index is 0. The quantitative estimate of drug-likeness (QED) is 0.751. The van der Waals surface area contributed by atoms with Crippen LogP contribution in [0.1, 0.15) is 50.4 Å². The van der Waals surface area contributed by atoms with Crippen molar-refractivity contribution < 1.29 is 9.59 Å². The van der Waals surface area contributed by atoms with Crippen LogP contribution in [-0.2, 0) is 4.79 Å². The minimum atomic E-state index is 0. The Morgan fingerprint density at radius 3 is 2.39 bits per heavy atom. The van der Waals surface area contributed by atoms with Crippen molar-refractivity contribution in [3.63, 3.8) is 0 Å². The molecule has 1 amide bonds. The van der Waals surface area contributed by atoms with Crippen molar-refractivity contribution >= 4 is 17.4 Å². The third kappa shape index (κ3) is 3.19. The molecular weight excluding hydrogens is 226 g/mol. The molecule has 0 aliphatic carbocycles. The van der Waals surface area contributed by atoms with Gasteiger partial charge in [0.05, 0.1) is 0 Å². The van der Waals surface area contributed by atoms with Crippen LogP contribution in [0.15, 0.2) is 24.3 Å². The highest BCUT2D eigenvalue weighted by Crippen LogP contribution is 2.21. The van der Waals surface area contributed by atoms with Gasteiger partial charge in [-0.15, -0.1) is 0 Å². The highest BCUT2D eigenvalue weighted by molar-refractivity contribution is 5.96. The highest BCUT2D eigenvalue weighted by atomic mass is 16.2. The molecule has 0 saturated carbocycles. The lowest BCUT2D eigenvalue weighted by Gasteiger charge is -2.20. The first-order valence-corrected chi connectivity index (χ1v) is 6.10. The molecule has 1 heterocycles. The lowest BCUT2D eigenvalue weighted by atomic mass is 10.1. The zero-order valence-electron chi connectivity index (χ0n) is 10.1. The maximum absolute atomic E-state index is 11.9. The predicted molar refractivity (Wildman–Crippen MR) is 74.0 cm³/mol. The van der Waals surface area contributed by atoms with Crippen LogP contribution in [-0.4, -0.2) is 18.2 Å². The van der Waals surface area contributed by atoms with E-state index < -0.39 is 0 Å². The molecule has 0 aromatic heterocycles. The fourth-order valence-electron chi connectivity index (χ4n) is 2.13. The highest BCUT2D eigenvalue weighted by Gasteiger charge is 2.17. The number of hydrogen-bond acceptors (Lipinski definition) is 2.